The van der Waals surface area contributed by atoms with Crippen molar-refractivity contribution >= 4 is 34.8 Å². The summed E-state index contributed by atoms with van der Waals surface area (Å²) in [4.78, 5) is 21.4. The Morgan fingerprint density at radius 1 is 1.44 bits per heavy atom. The second-order valence-electron chi connectivity index (χ2n) is 3.27. The van der Waals surface area contributed by atoms with Gasteiger partial charge in [0.15, 0.2) is 0 Å². The van der Waals surface area contributed by atoms with Crippen LogP contribution in [0.3, 0.4) is 0 Å². The predicted octanol–water partition coefficient (Wildman–Crippen LogP) is 2.87. The normalized spacial score (nSPS) is 11.4. The monoisotopic (exact) mass is 265 g/mol. The maximum Gasteiger partial charge on any atom is 0.433 e. The van der Waals surface area contributed by atoms with Crippen molar-refractivity contribution in [1.29, 1.82) is 0 Å². The highest BCUT2D eigenvalue weighted by Gasteiger charge is 2.15. The number of aliphatic carboxylic acids is 1. The van der Waals surface area contributed by atoms with Gasteiger partial charge in [-0.25, -0.2) is 4.79 Å². The minimum Gasteiger partial charge on any atom is -0.478 e. The van der Waals surface area contributed by atoms with Gasteiger partial charge >= 0.3 is 11.9 Å². The number of nitro groups is 1. The van der Waals surface area contributed by atoms with Gasteiger partial charge in [0.05, 0.1) is 11.6 Å². The highest BCUT2D eigenvalue weighted by molar-refractivity contribution is 7.11. The number of rotatable bonds is 4. The first-order valence-corrected chi connectivity index (χ1v) is 5.69. The summed E-state index contributed by atoms with van der Waals surface area (Å²) in [5, 5.41) is 21.3. The molecule has 18 heavy (non-hydrogen) atoms. The van der Waals surface area contributed by atoms with E-state index in [0.717, 1.165) is 0 Å². The van der Waals surface area contributed by atoms with E-state index in [1.54, 1.807) is 17.5 Å². The molecule has 0 saturated carbocycles. The second kappa shape index (κ2) is 4.84. The third kappa shape index (κ3) is 2.46. The van der Waals surface area contributed by atoms with Crippen LogP contribution in [0, 0.1) is 10.1 Å². The molecule has 0 spiro atoms. The van der Waals surface area contributed by atoms with Gasteiger partial charge in [-0.15, -0.1) is 11.3 Å². The van der Waals surface area contributed by atoms with Crippen LogP contribution >= 0.6 is 11.3 Å². The molecule has 0 aliphatic rings. The maximum atomic E-state index is 11.1. The number of carboxylic acid groups (broad SMARTS) is 1. The molecule has 0 atom stereocenters. The van der Waals surface area contributed by atoms with Gasteiger partial charge in [0, 0.05) is 4.88 Å². The number of carbonyl (C=O) groups is 1. The zero-order valence-electron chi connectivity index (χ0n) is 8.90. The number of carboxylic acids is 1. The molecule has 0 unspecified atom stereocenters. The Balaban J connectivity index is 2.39. The first kappa shape index (κ1) is 12.1. The molecular formula is C11H7NO5S. The Morgan fingerprint density at radius 2 is 2.22 bits per heavy atom. The fourth-order valence-electron chi connectivity index (χ4n) is 1.33. The lowest BCUT2D eigenvalue weighted by atomic mass is 10.2. The van der Waals surface area contributed by atoms with E-state index in [9.17, 15) is 14.9 Å². The van der Waals surface area contributed by atoms with E-state index in [1.165, 1.54) is 29.5 Å². The highest BCUT2D eigenvalue weighted by Crippen LogP contribution is 2.25. The summed E-state index contributed by atoms with van der Waals surface area (Å²) in [6, 6.07) is 5.91. The molecule has 0 fully saturated rings. The highest BCUT2D eigenvalue weighted by atomic mass is 32.1. The molecule has 0 saturated heterocycles. The third-order valence-corrected chi connectivity index (χ3v) is 3.00. The van der Waals surface area contributed by atoms with Crippen LogP contribution < -0.4 is 0 Å². The summed E-state index contributed by atoms with van der Waals surface area (Å²) in [7, 11) is 0. The van der Waals surface area contributed by atoms with Crippen LogP contribution in [0.15, 0.2) is 34.1 Å². The molecule has 2 aromatic rings. The van der Waals surface area contributed by atoms with Crippen molar-refractivity contribution in [2.75, 3.05) is 0 Å². The van der Waals surface area contributed by atoms with Crippen LogP contribution in [0.5, 0.6) is 0 Å². The van der Waals surface area contributed by atoms with Gasteiger partial charge in [0.2, 0.25) is 0 Å². The molecule has 0 amide bonds. The van der Waals surface area contributed by atoms with Gasteiger partial charge in [-0.3, -0.25) is 10.1 Å². The average Bonchev–Trinajstić information content (AvgIpc) is 2.96. The summed E-state index contributed by atoms with van der Waals surface area (Å²) in [5.41, 5.74) is 0.0363. The molecular weight excluding hydrogens is 258 g/mol. The minimum atomic E-state index is -1.11. The molecule has 92 valence electrons. The lowest BCUT2D eigenvalue weighted by molar-refractivity contribution is -0.402. The van der Waals surface area contributed by atoms with Crippen molar-refractivity contribution in [3.8, 4) is 0 Å². The number of nitrogens with zero attached hydrogens (tertiary/aromatic N) is 1. The summed E-state index contributed by atoms with van der Waals surface area (Å²) < 4.78 is 4.89. The summed E-state index contributed by atoms with van der Waals surface area (Å²) in [6.07, 6.45) is 1.27. The summed E-state index contributed by atoms with van der Waals surface area (Å²) in [5.74, 6) is -1.40. The molecule has 7 heteroatoms. The Bertz CT molecular complexity index is 611. The van der Waals surface area contributed by atoms with E-state index >= 15 is 0 Å². The van der Waals surface area contributed by atoms with Crippen LogP contribution in [-0.2, 0) is 4.79 Å². The lowest BCUT2D eigenvalue weighted by Crippen LogP contribution is -1.97. The van der Waals surface area contributed by atoms with Gasteiger partial charge < -0.3 is 9.52 Å². The van der Waals surface area contributed by atoms with Crippen LogP contribution in [-0.4, -0.2) is 16.0 Å². The molecule has 2 aromatic heterocycles. The largest absolute Gasteiger partial charge is 0.478 e. The first-order valence-electron chi connectivity index (χ1n) is 4.81. The van der Waals surface area contributed by atoms with E-state index in [-0.39, 0.29) is 11.3 Å². The van der Waals surface area contributed by atoms with Crippen LogP contribution in [0.25, 0.3) is 11.6 Å². The van der Waals surface area contributed by atoms with E-state index in [1.807, 2.05) is 0 Å². The molecule has 2 rings (SSSR count). The van der Waals surface area contributed by atoms with Crippen molar-refractivity contribution in [2.24, 2.45) is 0 Å². The number of furan rings is 1. The first-order chi connectivity index (χ1) is 8.58. The SMILES string of the molecule is O=C(O)/C(=C\c1ccc([N+](=O)[O-])o1)c1cccs1. The van der Waals surface area contributed by atoms with Gasteiger partial charge in [0.1, 0.15) is 10.7 Å². The van der Waals surface area contributed by atoms with Gasteiger partial charge in [-0.05, 0) is 23.6 Å². The molecule has 0 aromatic carbocycles. The topological polar surface area (TPSA) is 93.6 Å². The summed E-state index contributed by atoms with van der Waals surface area (Å²) in [6.45, 7) is 0. The molecule has 0 bridgehead atoms. The quantitative estimate of drug-likeness (QED) is 0.521. The Kier molecular flexibility index (Phi) is 3.24. The van der Waals surface area contributed by atoms with E-state index < -0.39 is 16.8 Å². The fourth-order valence-corrected chi connectivity index (χ4v) is 2.06. The number of thiophene rings is 1. The lowest BCUT2D eigenvalue weighted by Gasteiger charge is -1.96. The van der Waals surface area contributed by atoms with Crippen molar-refractivity contribution in [3.05, 3.63) is 50.4 Å². The van der Waals surface area contributed by atoms with Crippen molar-refractivity contribution in [1.82, 2.24) is 0 Å². The third-order valence-electron chi connectivity index (χ3n) is 2.10. The second-order valence-corrected chi connectivity index (χ2v) is 4.22. The zero-order valence-corrected chi connectivity index (χ0v) is 9.72. The van der Waals surface area contributed by atoms with E-state index in [2.05, 4.69) is 0 Å². The van der Waals surface area contributed by atoms with Gasteiger partial charge in [-0.2, -0.15) is 0 Å². The fraction of sp³-hybridized carbons (Fsp3) is 0. The Hall–Kier alpha value is -2.41. The molecule has 0 aliphatic heterocycles. The molecule has 1 N–H and O–H groups in total. The molecule has 0 radical (unpaired) electrons. The van der Waals surface area contributed by atoms with Crippen LogP contribution in [0.2, 0.25) is 0 Å². The van der Waals surface area contributed by atoms with Crippen molar-refractivity contribution in [2.45, 2.75) is 0 Å². The average molecular weight is 265 g/mol. The maximum absolute atomic E-state index is 11.1. The Labute approximate surface area is 105 Å². The predicted molar refractivity (Wildman–Crippen MR) is 65.2 cm³/mol. The smallest absolute Gasteiger partial charge is 0.433 e. The Morgan fingerprint density at radius 3 is 2.72 bits per heavy atom. The zero-order chi connectivity index (χ0) is 13.1. The number of hydrogen-bond acceptors (Lipinski definition) is 5. The van der Waals surface area contributed by atoms with Crippen molar-refractivity contribution < 1.29 is 19.2 Å². The van der Waals surface area contributed by atoms with Crippen molar-refractivity contribution in [3.63, 3.8) is 0 Å². The van der Waals surface area contributed by atoms with E-state index in [0.29, 0.717) is 4.88 Å². The minimum absolute atomic E-state index is 0.0363. The standard InChI is InChI=1S/C11H7NO5S/c13-11(14)8(9-2-1-5-18-9)6-7-3-4-10(17-7)12(15)16/h1-6H,(H,13,14)/b8-6-. The van der Waals surface area contributed by atoms with Gasteiger partial charge in [0.25, 0.3) is 0 Å². The summed E-state index contributed by atoms with van der Waals surface area (Å²) >= 11 is 1.27. The van der Waals surface area contributed by atoms with Gasteiger partial charge in [-0.1, -0.05) is 6.07 Å². The molecule has 0 aliphatic carbocycles. The van der Waals surface area contributed by atoms with Crippen LogP contribution in [0.1, 0.15) is 10.6 Å². The number of hydrogen-bond donors (Lipinski definition) is 1. The van der Waals surface area contributed by atoms with Crippen LogP contribution in [0.4, 0.5) is 5.88 Å². The van der Waals surface area contributed by atoms with E-state index in [4.69, 9.17) is 9.52 Å². The molecule has 2 heterocycles. The molecule has 6 nitrogen and oxygen atoms in total.